The van der Waals surface area contributed by atoms with E-state index < -0.39 is 0 Å². The normalized spacial score (nSPS) is 11.2. The zero-order valence-corrected chi connectivity index (χ0v) is 18.6. The van der Waals surface area contributed by atoms with Gasteiger partial charge >= 0.3 is 0 Å². The molecule has 3 heteroatoms. The van der Waals surface area contributed by atoms with Crippen molar-refractivity contribution in [2.75, 3.05) is 0 Å². The molecule has 0 unspecified atom stereocenters. The van der Waals surface area contributed by atoms with E-state index in [0.29, 0.717) is 0 Å². The van der Waals surface area contributed by atoms with Gasteiger partial charge < -0.3 is 4.57 Å². The molecule has 25 heavy (non-hydrogen) atoms. The van der Waals surface area contributed by atoms with Gasteiger partial charge in [-0.05, 0) is 74.5 Å². The van der Waals surface area contributed by atoms with Crippen LogP contribution in [0.4, 0.5) is 0 Å². The average Bonchev–Trinajstić information content (AvgIpc) is 3.10. The summed E-state index contributed by atoms with van der Waals surface area (Å²) in [5.41, 5.74) is 2.59. The Morgan fingerprint density at radius 3 is 1.72 bits per heavy atom. The number of halogens is 2. The first-order chi connectivity index (χ1) is 12.2. The van der Waals surface area contributed by atoms with Crippen molar-refractivity contribution in [3.63, 3.8) is 0 Å². The number of aromatic nitrogens is 1. The number of aryl methyl sites for hydroxylation is 1. The minimum atomic E-state index is 1.15. The summed E-state index contributed by atoms with van der Waals surface area (Å²) >= 11 is 7.47. The molecule has 138 valence electrons. The minimum Gasteiger partial charge on any atom is -0.322 e. The van der Waals surface area contributed by atoms with Crippen molar-refractivity contribution in [2.45, 2.75) is 77.6 Å². The average molecular weight is 469 g/mol. The molecule has 0 radical (unpaired) electrons. The molecule has 2 aromatic rings. The van der Waals surface area contributed by atoms with E-state index in [9.17, 15) is 0 Å². The van der Waals surface area contributed by atoms with Crippen LogP contribution in [0.1, 0.15) is 76.7 Å². The minimum absolute atomic E-state index is 1.15. The smallest absolute Gasteiger partial charge is 0.0735 e. The number of rotatable bonds is 12. The molecular formula is C22H31Br2N. The summed E-state index contributed by atoms with van der Waals surface area (Å²) in [4.78, 5) is 0. The molecule has 0 atom stereocenters. The molecule has 0 bridgehead atoms. The number of benzene rings is 1. The molecule has 1 aromatic carbocycles. The first-order valence-corrected chi connectivity index (χ1v) is 11.4. The maximum Gasteiger partial charge on any atom is 0.0735 e. The maximum absolute atomic E-state index is 3.74. The van der Waals surface area contributed by atoms with Crippen molar-refractivity contribution in [1.82, 2.24) is 4.57 Å². The second-order valence-electron chi connectivity index (χ2n) is 6.93. The highest BCUT2D eigenvalue weighted by Gasteiger charge is 2.09. The molecule has 0 amide bonds. The fraction of sp³-hybridized carbons (Fsp3) is 0.545. The number of unbranched alkanes of at least 4 members (excludes halogenated alkanes) is 9. The summed E-state index contributed by atoms with van der Waals surface area (Å²) in [6.07, 6.45) is 19.2. The molecule has 0 aliphatic rings. The third-order valence-electron chi connectivity index (χ3n) is 4.76. The van der Waals surface area contributed by atoms with E-state index in [1.807, 2.05) is 0 Å². The van der Waals surface area contributed by atoms with E-state index in [4.69, 9.17) is 0 Å². The van der Waals surface area contributed by atoms with Gasteiger partial charge in [-0.3, -0.25) is 0 Å². The predicted octanol–water partition coefficient (Wildman–Crippen LogP) is 8.47. The largest absolute Gasteiger partial charge is 0.322 e. The fourth-order valence-electron chi connectivity index (χ4n) is 3.31. The van der Waals surface area contributed by atoms with Crippen LogP contribution in [0.5, 0.6) is 0 Å². The lowest BCUT2D eigenvalue weighted by atomic mass is 10.0. The van der Waals surface area contributed by atoms with Crippen molar-refractivity contribution < 1.29 is 0 Å². The highest BCUT2D eigenvalue weighted by atomic mass is 79.9. The van der Waals surface area contributed by atoms with Gasteiger partial charge in [-0.1, -0.05) is 64.7 Å². The van der Waals surface area contributed by atoms with Gasteiger partial charge in [0, 0.05) is 21.3 Å². The molecular weight excluding hydrogens is 438 g/mol. The van der Waals surface area contributed by atoms with E-state index in [0.717, 1.165) is 8.95 Å². The van der Waals surface area contributed by atoms with Gasteiger partial charge in [0.05, 0.1) is 5.69 Å². The van der Waals surface area contributed by atoms with Crippen LogP contribution in [0.25, 0.3) is 5.69 Å². The van der Waals surface area contributed by atoms with E-state index in [1.54, 1.807) is 0 Å². The molecule has 1 aromatic heterocycles. The fourth-order valence-corrected chi connectivity index (χ4v) is 5.00. The first kappa shape index (κ1) is 20.8. The second kappa shape index (κ2) is 12.0. The van der Waals surface area contributed by atoms with Crippen molar-refractivity contribution in [3.05, 3.63) is 51.2 Å². The molecule has 0 spiro atoms. The lowest BCUT2D eigenvalue weighted by Crippen LogP contribution is -1.96. The molecule has 0 saturated heterocycles. The van der Waals surface area contributed by atoms with Crippen LogP contribution in [-0.2, 0) is 6.42 Å². The van der Waals surface area contributed by atoms with Gasteiger partial charge in [-0.15, -0.1) is 0 Å². The monoisotopic (exact) mass is 467 g/mol. The Bertz CT molecular complexity index is 581. The van der Waals surface area contributed by atoms with Crippen LogP contribution >= 0.6 is 31.9 Å². The van der Waals surface area contributed by atoms with Gasteiger partial charge in [-0.2, -0.15) is 0 Å². The van der Waals surface area contributed by atoms with Crippen LogP contribution in [0.2, 0.25) is 0 Å². The Morgan fingerprint density at radius 2 is 1.20 bits per heavy atom. The molecule has 0 fully saturated rings. The first-order valence-electron chi connectivity index (χ1n) is 9.83. The van der Waals surface area contributed by atoms with E-state index >= 15 is 0 Å². The summed E-state index contributed by atoms with van der Waals surface area (Å²) in [7, 11) is 0. The van der Waals surface area contributed by atoms with E-state index in [1.165, 1.54) is 81.9 Å². The third-order valence-corrected chi connectivity index (χ3v) is 5.97. The third kappa shape index (κ3) is 7.30. The van der Waals surface area contributed by atoms with Crippen LogP contribution in [0, 0.1) is 0 Å². The molecule has 0 N–H and O–H groups in total. The molecule has 1 nitrogen and oxygen atoms in total. The van der Waals surface area contributed by atoms with Gasteiger partial charge in [0.1, 0.15) is 0 Å². The lowest BCUT2D eigenvalue weighted by Gasteiger charge is -2.12. The van der Waals surface area contributed by atoms with Crippen molar-refractivity contribution in [2.24, 2.45) is 0 Å². The number of nitrogens with zero attached hydrogens (tertiary/aromatic N) is 1. The van der Waals surface area contributed by atoms with Crippen LogP contribution in [-0.4, -0.2) is 4.57 Å². The van der Waals surface area contributed by atoms with Crippen molar-refractivity contribution in [3.8, 4) is 5.69 Å². The Balaban J connectivity index is 1.66. The quantitative estimate of drug-likeness (QED) is 0.275. The van der Waals surface area contributed by atoms with Gasteiger partial charge in [-0.25, -0.2) is 0 Å². The standard InChI is InChI=1S/C22H31Br2N/c1-2-3-4-5-6-7-8-9-10-11-14-19-17-20(23)22(21(24)18-19)25-15-12-13-16-25/h12-13,15-18H,2-11,14H2,1H3. The van der Waals surface area contributed by atoms with E-state index in [-0.39, 0.29) is 0 Å². The molecule has 0 aliphatic heterocycles. The van der Waals surface area contributed by atoms with Crippen molar-refractivity contribution >= 4 is 31.9 Å². The summed E-state index contributed by atoms with van der Waals surface area (Å²) < 4.78 is 4.44. The maximum atomic E-state index is 3.74. The Morgan fingerprint density at radius 1 is 0.720 bits per heavy atom. The SMILES string of the molecule is CCCCCCCCCCCCc1cc(Br)c(-n2cccc2)c(Br)c1. The highest BCUT2D eigenvalue weighted by Crippen LogP contribution is 2.31. The summed E-state index contributed by atoms with van der Waals surface area (Å²) in [6, 6.07) is 8.65. The number of hydrogen-bond donors (Lipinski definition) is 0. The summed E-state index contributed by atoms with van der Waals surface area (Å²) in [5, 5.41) is 0. The summed E-state index contributed by atoms with van der Waals surface area (Å²) in [6.45, 7) is 2.28. The van der Waals surface area contributed by atoms with Crippen LogP contribution < -0.4 is 0 Å². The molecule has 2 rings (SSSR count). The van der Waals surface area contributed by atoms with Crippen LogP contribution in [0.15, 0.2) is 45.6 Å². The predicted molar refractivity (Wildman–Crippen MR) is 117 cm³/mol. The molecule has 1 heterocycles. The highest BCUT2D eigenvalue weighted by molar-refractivity contribution is 9.11. The van der Waals surface area contributed by atoms with Gasteiger partial charge in [0.25, 0.3) is 0 Å². The zero-order valence-electron chi connectivity index (χ0n) is 15.4. The van der Waals surface area contributed by atoms with Crippen molar-refractivity contribution in [1.29, 1.82) is 0 Å². The zero-order chi connectivity index (χ0) is 17.9. The lowest BCUT2D eigenvalue weighted by molar-refractivity contribution is 0.556. The Kier molecular flexibility index (Phi) is 9.93. The van der Waals surface area contributed by atoms with Gasteiger partial charge in [0.2, 0.25) is 0 Å². The number of hydrogen-bond acceptors (Lipinski definition) is 0. The molecule has 0 aliphatic carbocycles. The Labute approximate surface area is 170 Å². The Hall–Kier alpha value is -0.540. The second-order valence-corrected chi connectivity index (χ2v) is 8.64. The van der Waals surface area contributed by atoms with Crippen LogP contribution in [0.3, 0.4) is 0 Å². The summed E-state index contributed by atoms with van der Waals surface area (Å²) in [5.74, 6) is 0. The van der Waals surface area contributed by atoms with E-state index in [2.05, 4.69) is 80.0 Å². The van der Waals surface area contributed by atoms with Gasteiger partial charge in [0.15, 0.2) is 0 Å². The molecule has 0 saturated carbocycles. The topological polar surface area (TPSA) is 4.93 Å².